The van der Waals surface area contributed by atoms with Gasteiger partial charge in [-0.2, -0.15) is 0 Å². The monoisotopic (exact) mass is 357 g/mol. The van der Waals surface area contributed by atoms with Crippen LogP contribution in [-0.2, 0) is 16.0 Å². The molecule has 1 amide bonds. The van der Waals surface area contributed by atoms with Gasteiger partial charge in [-0.05, 0) is 56.2 Å². The molecule has 0 bridgehead atoms. The van der Waals surface area contributed by atoms with Crippen molar-refractivity contribution in [2.75, 3.05) is 0 Å². The first-order chi connectivity index (χ1) is 11.0. The molecule has 0 aliphatic heterocycles. The van der Waals surface area contributed by atoms with Gasteiger partial charge in [-0.1, -0.05) is 29.3 Å². The molecule has 23 heavy (non-hydrogen) atoms. The van der Waals surface area contributed by atoms with E-state index in [1.165, 1.54) is 0 Å². The van der Waals surface area contributed by atoms with Gasteiger partial charge in [0.2, 0.25) is 5.91 Å². The standard InChI is InChI=1S/C17H21Cl2NO3/c18-14-9-4-11(10-15(14)19)2-1-3-16(21)20-13-7-5-12(6-8-13)17(22)23/h4,9-10,12-13H,1-3,5-8H2,(H,20,21)(H,22,23). The molecule has 0 radical (unpaired) electrons. The van der Waals surface area contributed by atoms with Crippen LogP contribution < -0.4 is 5.32 Å². The number of amides is 1. The highest BCUT2D eigenvalue weighted by Crippen LogP contribution is 2.25. The summed E-state index contributed by atoms with van der Waals surface area (Å²) in [5, 5.41) is 13.0. The number of halogens is 2. The van der Waals surface area contributed by atoms with Gasteiger partial charge in [0, 0.05) is 12.5 Å². The molecule has 0 atom stereocenters. The highest BCUT2D eigenvalue weighted by atomic mass is 35.5. The van der Waals surface area contributed by atoms with E-state index in [-0.39, 0.29) is 17.9 Å². The zero-order valence-electron chi connectivity index (χ0n) is 12.9. The van der Waals surface area contributed by atoms with E-state index in [4.69, 9.17) is 28.3 Å². The Kier molecular flexibility index (Phi) is 6.72. The van der Waals surface area contributed by atoms with Gasteiger partial charge in [-0.25, -0.2) is 0 Å². The quantitative estimate of drug-likeness (QED) is 0.805. The minimum absolute atomic E-state index is 0.0313. The topological polar surface area (TPSA) is 66.4 Å². The van der Waals surface area contributed by atoms with Crippen molar-refractivity contribution in [2.24, 2.45) is 5.92 Å². The predicted octanol–water partition coefficient (Wildman–Crippen LogP) is 4.08. The summed E-state index contributed by atoms with van der Waals surface area (Å²) in [7, 11) is 0. The molecular formula is C17H21Cl2NO3. The van der Waals surface area contributed by atoms with Crippen molar-refractivity contribution in [2.45, 2.75) is 51.0 Å². The fraction of sp³-hybridized carbons (Fsp3) is 0.529. The Bertz CT molecular complexity index is 569. The summed E-state index contributed by atoms with van der Waals surface area (Å²) in [5.74, 6) is -0.946. The Hall–Kier alpha value is -1.26. The number of carbonyl (C=O) groups excluding carboxylic acids is 1. The van der Waals surface area contributed by atoms with Crippen LogP contribution >= 0.6 is 23.2 Å². The lowest BCUT2D eigenvalue weighted by Gasteiger charge is -2.26. The molecule has 1 saturated carbocycles. The fourth-order valence-corrected chi connectivity index (χ4v) is 3.25. The van der Waals surface area contributed by atoms with Crippen molar-refractivity contribution in [1.29, 1.82) is 0 Å². The Labute approximate surface area is 146 Å². The molecule has 1 aromatic rings. The minimum Gasteiger partial charge on any atom is -0.481 e. The third-order valence-electron chi connectivity index (χ3n) is 4.29. The van der Waals surface area contributed by atoms with E-state index < -0.39 is 5.97 Å². The van der Waals surface area contributed by atoms with Crippen LogP contribution in [0.2, 0.25) is 10.0 Å². The third kappa shape index (κ3) is 5.70. The number of aryl methyl sites for hydroxylation is 1. The predicted molar refractivity (Wildman–Crippen MR) is 90.9 cm³/mol. The normalized spacial score (nSPS) is 21.0. The lowest BCUT2D eigenvalue weighted by molar-refractivity contribution is -0.142. The molecule has 6 heteroatoms. The molecule has 126 valence electrons. The number of carboxylic acid groups (broad SMARTS) is 1. The van der Waals surface area contributed by atoms with Crippen LogP contribution in [0.3, 0.4) is 0 Å². The van der Waals surface area contributed by atoms with Crippen LogP contribution in [0.4, 0.5) is 0 Å². The van der Waals surface area contributed by atoms with E-state index in [0.717, 1.165) is 31.2 Å². The Morgan fingerprint density at radius 1 is 1.13 bits per heavy atom. The fourth-order valence-electron chi connectivity index (χ4n) is 2.93. The van der Waals surface area contributed by atoms with E-state index >= 15 is 0 Å². The largest absolute Gasteiger partial charge is 0.481 e. The average molecular weight is 358 g/mol. The van der Waals surface area contributed by atoms with Crippen molar-refractivity contribution < 1.29 is 14.7 Å². The van der Waals surface area contributed by atoms with Gasteiger partial charge in [0.15, 0.2) is 0 Å². The molecule has 1 aliphatic rings. The summed E-state index contributed by atoms with van der Waals surface area (Å²) in [6.45, 7) is 0. The Morgan fingerprint density at radius 3 is 2.43 bits per heavy atom. The number of aliphatic carboxylic acids is 1. The summed E-state index contributed by atoms with van der Waals surface area (Å²) in [6.07, 6.45) is 4.75. The first-order valence-electron chi connectivity index (χ1n) is 7.92. The average Bonchev–Trinajstić information content (AvgIpc) is 2.51. The molecule has 2 N–H and O–H groups in total. The summed E-state index contributed by atoms with van der Waals surface area (Å²) >= 11 is 11.8. The van der Waals surface area contributed by atoms with Crippen LogP contribution in [0.15, 0.2) is 18.2 Å². The number of benzene rings is 1. The number of nitrogens with one attached hydrogen (secondary N) is 1. The zero-order valence-corrected chi connectivity index (χ0v) is 14.4. The molecule has 1 aromatic carbocycles. The van der Waals surface area contributed by atoms with Crippen molar-refractivity contribution in [3.63, 3.8) is 0 Å². The lowest BCUT2D eigenvalue weighted by atomic mass is 9.86. The maximum Gasteiger partial charge on any atom is 0.306 e. The second kappa shape index (κ2) is 8.55. The molecular weight excluding hydrogens is 337 g/mol. The molecule has 2 rings (SSSR count). The van der Waals surface area contributed by atoms with Crippen LogP contribution in [-0.4, -0.2) is 23.0 Å². The second-order valence-corrected chi connectivity index (χ2v) is 6.87. The van der Waals surface area contributed by atoms with E-state index in [0.29, 0.717) is 29.3 Å². The Morgan fingerprint density at radius 2 is 1.83 bits per heavy atom. The number of rotatable bonds is 6. The van der Waals surface area contributed by atoms with Gasteiger partial charge in [-0.3, -0.25) is 9.59 Å². The van der Waals surface area contributed by atoms with Gasteiger partial charge in [0.05, 0.1) is 16.0 Å². The van der Waals surface area contributed by atoms with Crippen molar-refractivity contribution in [3.05, 3.63) is 33.8 Å². The first kappa shape index (κ1) is 18.1. The lowest BCUT2D eigenvalue weighted by Crippen LogP contribution is -2.38. The smallest absolute Gasteiger partial charge is 0.306 e. The van der Waals surface area contributed by atoms with Gasteiger partial charge in [-0.15, -0.1) is 0 Å². The molecule has 0 spiro atoms. The molecule has 0 saturated heterocycles. The van der Waals surface area contributed by atoms with Crippen LogP contribution in [0.5, 0.6) is 0 Å². The number of carboxylic acids is 1. The molecule has 1 aliphatic carbocycles. The van der Waals surface area contributed by atoms with E-state index in [1.54, 1.807) is 6.07 Å². The van der Waals surface area contributed by atoms with Crippen LogP contribution in [0.1, 0.15) is 44.1 Å². The first-order valence-corrected chi connectivity index (χ1v) is 8.67. The number of hydrogen-bond donors (Lipinski definition) is 2. The summed E-state index contributed by atoms with van der Waals surface area (Å²) < 4.78 is 0. The summed E-state index contributed by atoms with van der Waals surface area (Å²) in [6, 6.07) is 5.62. The number of hydrogen-bond acceptors (Lipinski definition) is 2. The summed E-state index contributed by atoms with van der Waals surface area (Å²) in [5.41, 5.74) is 1.06. The van der Waals surface area contributed by atoms with Gasteiger partial charge >= 0.3 is 5.97 Å². The molecule has 4 nitrogen and oxygen atoms in total. The minimum atomic E-state index is -0.726. The second-order valence-electron chi connectivity index (χ2n) is 6.06. The zero-order chi connectivity index (χ0) is 16.8. The van der Waals surface area contributed by atoms with E-state index in [2.05, 4.69) is 5.32 Å². The SMILES string of the molecule is O=C(CCCc1ccc(Cl)c(Cl)c1)NC1CCC(C(=O)O)CC1. The molecule has 0 aromatic heterocycles. The van der Waals surface area contributed by atoms with Gasteiger partial charge in [0.25, 0.3) is 0 Å². The van der Waals surface area contributed by atoms with Gasteiger partial charge in [0.1, 0.15) is 0 Å². The highest BCUT2D eigenvalue weighted by Gasteiger charge is 2.26. The van der Waals surface area contributed by atoms with E-state index in [1.807, 2.05) is 12.1 Å². The molecule has 1 fully saturated rings. The third-order valence-corrected chi connectivity index (χ3v) is 5.03. The molecule has 0 unspecified atom stereocenters. The highest BCUT2D eigenvalue weighted by molar-refractivity contribution is 6.42. The summed E-state index contributed by atoms with van der Waals surface area (Å²) in [4.78, 5) is 22.9. The molecule has 0 heterocycles. The van der Waals surface area contributed by atoms with Crippen molar-refractivity contribution >= 4 is 35.1 Å². The van der Waals surface area contributed by atoms with E-state index in [9.17, 15) is 9.59 Å². The Balaban J connectivity index is 1.67. The number of carbonyl (C=O) groups is 2. The maximum atomic E-state index is 12.0. The van der Waals surface area contributed by atoms with Crippen molar-refractivity contribution in [1.82, 2.24) is 5.32 Å². The van der Waals surface area contributed by atoms with Gasteiger partial charge < -0.3 is 10.4 Å². The van der Waals surface area contributed by atoms with Crippen LogP contribution in [0, 0.1) is 5.92 Å². The van der Waals surface area contributed by atoms with Crippen LogP contribution in [0.25, 0.3) is 0 Å². The van der Waals surface area contributed by atoms with Crippen molar-refractivity contribution in [3.8, 4) is 0 Å². The maximum absolute atomic E-state index is 12.0.